The number of carbonyl (C=O) groups is 1. The van der Waals surface area contributed by atoms with Crippen LogP contribution >= 0.6 is 0 Å². The van der Waals surface area contributed by atoms with Gasteiger partial charge in [0, 0.05) is 11.8 Å². The highest BCUT2D eigenvalue weighted by molar-refractivity contribution is 6.00. The number of primary amides is 1. The van der Waals surface area contributed by atoms with Crippen molar-refractivity contribution in [3.63, 3.8) is 0 Å². The number of hydrogen-bond donors (Lipinski definition) is 2. The van der Waals surface area contributed by atoms with Crippen LogP contribution in [0.3, 0.4) is 0 Å². The topological polar surface area (TPSA) is 157 Å². The molecule has 1 amide bonds. The molecule has 8 nitrogen and oxygen atoms in total. The highest BCUT2D eigenvalue weighted by atomic mass is 16.5. The zero-order valence-electron chi connectivity index (χ0n) is 14.9. The number of nitrogens with one attached hydrogen (secondary N) is 1. The number of nitrogens with two attached hydrogens (primary N) is 1. The lowest BCUT2D eigenvalue weighted by Crippen LogP contribution is -2.50. The molecule has 2 aliphatic rings. The first kappa shape index (κ1) is 19.1. The standard InChI is InChI=1S/C20H17N5O3/c21-7-15-14-4-5-27-8-16(14)18(20(10-22,11-23)19(15)25)12-2-1-3-13(6-12)28-9-17(24)26/h1-4,6,15-16,18,25H,5,8-9H2,(H2,24,26)/t15-,16+,18-/m0/s1. The van der Waals surface area contributed by atoms with E-state index in [1.807, 2.05) is 12.1 Å². The van der Waals surface area contributed by atoms with Gasteiger partial charge in [-0.2, -0.15) is 15.8 Å². The Hall–Kier alpha value is -3.67. The van der Waals surface area contributed by atoms with E-state index in [1.165, 1.54) is 0 Å². The van der Waals surface area contributed by atoms with Crippen molar-refractivity contribution in [2.24, 2.45) is 23.0 Å². The summed E-state index contributed by atoms with van der Waals surface area (Å²) in [6.07, 6.45) is 1.76. The van der Waals surface area contributed by atoms with Gasteiger partial charge in [0.15, 0.2) is 12.0 Å². The van der Waals surface area contributed by atoms with Crippen LogP contribution in [0.25, 0.3) is 0 Å². The third kappa shape index (κ3) is 2.99. The van der Waals surface area contributed by atoms with Crippen molar-refractivity contribution in [3.05, 3.63) is 41.5 Å². The van der Waals surface area contributed by atoms with Crippen LogP contribution < -0.4 is 10.5 Å². The summed E-state index contributed by atoms with van der Waals surface area (Å²) in [6.45, 7) is 0.247. The molecule has 1 aromatic carbocycles. The van der Waals surface area contributed by atoms with Gasteiger partial charge in [-0.25, -0.2) is 0 Å². The molecule has 0 unspecified atom stereocenters. The Labute approximate surface area is 161 Å². The lowest BCUT2D eigenvalue weighted by Gasteiger charge is -2.45. The highest BCUT2D eigenvalue weighted by Gasteiger charge is 2.57. The molecule has 1 aromatic rings. The first-order valence-electron chi connectivity index (χ1n) is 8.58. The third-order valence-electron chi connectivity index (χ3n) is 5.16. The maximum Gasteiger partial charge on any atom is 0.255 e. The molecule has 0 radical (unpaired) electrons. The van der Waals surface area contributed by atoms with Crippen molar-refractivity contribution >= 4 is 11.6 Å². The largest absolute Gasteiger partial charge is 0.484 e. The van der Waals surface area contributed by atoms with Gasteiger partial charge in [0.1, 0.15) is 11.7 Å². The Morgan fingerprint density at radius 2 is 2.11 bits per heavy atom. The van der Waals surface area contributed by atoms with E-state index < -0.39 is 29.1 Å². The zero-order chi connectivity index (χ0) is 20.3. The van der Waals surface area contributed by atoms with Crippen LogP contribution in [0.15, 0.2) is 35.9 Å². The molecule has 28 heavy (non-hydrogen) atoms. The SMILES string of the molecule is N#C[C@@H]1C(=N)C(C#N)(C#N)[C@@H](c2cccc(OCC(N)=O)c2)[C@@H]2COCC=C12. The molecule has 3 N–H and O–H groups in total. The van der Waals surface area contributed by atoms with E-state index in [4.69, 9.17) is 20.6 Å². The maximum atomic E-state index is 11.0. The minimum absolute atomic E-state index is 0.224. The average Bonchev–Trinajstić information content (AvgIpc) is 2.71. The monoisotopic (exact) mass is 375 g/mol. The molecule has 0 aromatic heterocycles. The second-order valence-electron chi connectivity index (χ2n) is 6.66. The summed E-state index contributed by atoms with van der Waals surface area (Å²) < 4.78 is 10.9. The molecule has 1 fully saturated rings. The molecule has 1 aliphatic carbocycles. The summed E-state index contributed by atoms with van der Waals surface area (Å²) in [5, 5.41) is 37.9. The van der Waals surface area contributed by atoms with Gasteiger partial charge in [0.05, 0.1) is 37.1 Å². The molecule has 8 heteroatoms. The summed E-state index contributed by atoms with van der Waals surface area (Å²) in [5.41, 5.74) is 4.36. The number of carbonyl (C=O) groups excluding carboxylic acids is 1. The number of ether oxygens (including phenoxy) is 2. The predicted octanol–water partition coefficient (Wildman–Crippen LogP) is 1.41. The Bertz CT molecular complexity index is 965. The molecular formula is C20H17N5O3. The average molecular weight is 375 g/mol. The number of hydrogen-bond acceptors (Lipinski definition) is 7. The molecular weight excluding hydrogens is 358 g/mol. The van der Waals surface area contributed by atoms with Gasteiger partial charge in [-0.3, -0.25) is 4.79 Å². The second kappa shape index (κ2) is 7.52. The lowest BCUT2D eigenvalue weighted by molar-refractivity contribution is -0.119. The fourth-order valence-corrected chi connectivity index (χ4v) is 3.94. The third-order valence-corrected chi connectivity index (χ3v) is 5.16. The van der Waals surface area contributed by atoms with Crippen molar-refractivity contribution < 1.29 is 14.3 Å². The van der Waals surface area contributed by atoms with E-state index in [0.717, 1.165) is 0 Å². The van der Waals surface area contributed by atoms with Gasteiger partial charge in [-0.05, 0) is 23.3 Å². The molecule has 0 spiro atoms. The van der Waals surface area contributed by atoms with E-state index in [9.17, 15) is 20.6 Å². The number of fused-ring (bicyclic) bond motifs is 1. The van der Waals surface area contributed by atoms with Crippen LogP contribution in [0.5, 0.6) is 5.75 Å². The summed E-state index contributed by atoms with van der Waals surface area (Å²) >= 11 is 0. The zero-order valence-corrected chi connectivity index (χ0v) is 14.9. The van der Waals surface area contributed by atoms with E-state index in [0.29, 0.717) is 23.5 Å². The van der Waals surface area contributed by atoms with Gasteiger partial charge in [-0.1, -0.05) is 18.2 Å². The second-order valence-corrected chi connectivity index (χ2v) is 6.66. The van der Waals surface area contributed by atoms with Gasteiger partial charge < -0.3 is 20.6 Å². The first-order valence-corrected chi connectivity index (χ1v) is 8.58. The van der Waals surface area contributed by atoms with Gasteiger partial charge in [0.25, 0.3) is 5.91 Å². The number of nitriles is 3. The number of amides is 1. The van der Waals surface area contributed by atoms with Gasteiger partial charge >= 0.3 is 0 Å². The Morgan fingerprint density at radius 1 is 1.36 bits per heavy atom. The molecule has 3 atom stereocenters. The van der Waals surface area contributed by atoms with Crippen LogP contribution in [0.2, 0.25) is 0 Å². The van der Waals surface area contributed by atoms with Crippen molar-refractivity contribution in [3.8, 4) is 24.0 Å². The van der Waals surface area contributed by atoms with Crippen molar-refractivity contribution in [2.75, 3.05) is 19.8 Å². The smallest absolute Gasteiger partial charge is 0.255 e. The van der Waals surface area contributed by atoms with Crippen molar-refractivity contribution in [1.29, 1.82) is 21.2 Å². The van der Waals surface area contributed by atoms with Crippen LogP contribution in [0.1, 0.15) is 11.5 Å². The minimum Gasteiger partial charge on any atom is -0.484 e. The summed E-state index contributed by atoms with van der Waals surface area (Å²) in [5.74, 6) is -2.33. The van der Waals surface area contributed by atoms with Crippen LogP contribution in [0.4, 0.5) is 0 Å². The Kier molecular flexibility index (Phi) is 5.13. The van der Waals surface area contributed by atoms with E-state index in [-0.39, 0.29) is 18.9 Å². The number of rotatable bonds is 4. The molecule has 140 valence electrons. The highest BCUT2D eigenvalue weighted by Crippen LogP contribution is 2.53. The first-order chi connectivity index (χ1) is 13.5. The molecule has 0 saturated heterocycles. The van der Waals surface area contributed by atoms with E-state index in [2.05, 4.69) is 6.07 Å². The quantitative estimate of drug-likeness (QED) is 0.758. The normalized spacial score (nSPS) is 25.2. The lowest BCUT2D eigenvalue weighted by atomic mass is 9.54. The summed E-state index contributed by atoms with van der Waals surface area (Å²) in [6, 6.07) is 12.7. The van der Waals surface area contributed by atoms with Crippen LogP contribution in [-0.2, 0) is 9.53 Å². The molecule has 1 aliphatic heterocycles. The fourth-order valence-electron chi connectivity index (χ4n) is 3.94. The summed E-state index contributed by atoms with van der Waals surface area (Å²) in [7, 11) is 0. The predicted molar refractivity (Wildman–Crippen MR) is 96.8 cm³/mol. The number of nitrogens with zero attached hydrogens (tertiary/aromatic N) is 3. The molecule has 0 bridgehead atoms. The summed E-state index contributed by atoms with van der Waals surface area (Å²) in [4.78, 5) is 11.0. The van der Waals surface area contributed by atoms with Crippen molar-refractivity contribution in [2.45, 2.75) is 5.92 Å². The van der Waals surface area contributed by atoms with Crippen LogP contribution in [0, 0.1) is 56.7 Å². The van der Waals surface area contributed by atoms with Gasteiger partial charge in [-0.15, -0.1) is 0 Å². The maximum absolute atomic E-state index is 11.0. The molecule has 1 heterocycles. The fraction of sp³-hybridized carbons (Fsp3) is 0.350. The molecule has 1 saturated carbocycles. The number of benzene rings is 1. The Morgan fingerprint density at radius 3 is 2.75 bits per heavy atom. The van der Waals surface area contributed by atoms with Crippen LogP contribution in [-0.4, -0.2) is 31.4 Å². The van der Waals surface area contributed by atoms with Gasteiger partial charge in [0.2, 0.25) is 0 Å². The van der Waals surface area contributed by atoms with E-state index >= 15 is 0 Å². The minimum atomic E-state index is -1.81. The Balaban J connectivity index is 2.14. The van der Waals surface area contributed by atoms with Crippen molar-refractivity contribution in [1.82, 2.24) is 0 Å². The molecule has 3 rings (SSSR count). The van der Waals surface area contributed by atoms with E-state index in [1.54, 1.807) is 30.3 Å².